The number of anilines is 1. The lowest BCUT2D eigenvalue weighted by molar-refractivity contribution is 0.464. The van der Waals surface area contributed by atoms with E-state index in [1.165, 1.54) is 0 Å². The van der Waals surface area contributed by atoms with Gasteiger partial charge in [0, 0.05) is 23.8 Å². The Bertz CT molecular complexity index is 721. The summed E-state index contributed by atoms with van der Waals surface area (Å²) in [5.74, 6) is 0.210. The molecule has 0 bridgehead atoms. The van der Waals surface area contributed by atoms with Crippen LogP contribution < -0.4 is 5.32 Å². The highest BCUT2D eigenvalue weighted by Crippen LogP contribution is 2.18. The third-order valence-corrected chi connectivity index (χ3v) is 3.19. The van der Waals surface area contributed by atoms with Crippen molar-refractivity contribution in [3.63, 3.8) is 0 Å². The summed E-state index contributed by atoms with van der Waals surface area (Å²) in [4.78, 5) is 4.32. The highest BCUT2D eigenvalue weighted by molar-refractivity contribution is 5.49. The summed E-state index contributed by atoms with van der Waals surface area (Å²) in [6.45, 7) is 2.39. The largest absolute Gasteiger partial charge is 0.506 e. The Hall–Kier alpha value is -2.82. The first-order valence-electron chi connectivity index (χ1n) is 6.72. The van der Waals surface area contributed by atoms with Crippen LogP contribution in [0.15, 0.2) is 54.9 Å². The number of hydrogen-bond acceptors (Lipinski definition) is 4. The normalized spacial score (nSPS) is 10.5. The van der Waals surface area contributed by atoms with E-state index in [-0.39, 0.29) is 5.75 Å². The molecular weight excluding hydrogens is 264 g/mol. The van der Waals surface area contributed by atoms with Crippen molar-refractivity contribution in [1.29, 1.82) is 0 Å². The van der Waals surface area contributed by atoms with Crippen LogP contribution in [0, 0.1) is 6.92 Å². The van der Waals surface area contributed by atoms with Gasteiger partial charge in [0.15, 0.2) is 0 Å². The van der Waals surface area contributed by atoms with Gasteiger partial charge in [0.05, 0.1) is 12.2 Å². The van der Waals surface area contributed by atoms with Crippen molar-refractivity contribution < 1.29 is 5.11 Å². The van der Waals surface area contributed by atoms with Gasteiger partial charge in [0.1, 0.15) is 11.4 Å². The van der Waals surface area contributed by atoms with Crippen LogP contribution in [0.5, 0.6) is 5.75 Å². The van der Waals surface area contributed by atoms with Crippen LogP contribution in [-0.4, -0.2) is 19.9 Å². The molecule has 2 heterocycles. The highest BCUT2D eigenvalue weighted by atomic mass is 16.3. The molecule has 21 heavy (non-hydrogen) atoms. The lowest BCUT2D eigenvalue weighted by Crippen LogP contribution is -2.03. The van der Waals surface area contributed by atoms with Gasteiger partial charge in [-0.3, -0.25) is 4.98 Å². The minimum absolute atomic E-state index is 0.210. The highest BCUT2D eigenvalue weighted by Gasteiger charge is 2.03. The lowest BCUT2D eigenvalue weighted by Gasteiger charge is -2.09. The van der Waals surface area contributed by atoms with E-state index in [0.717, 1.165) is 17.1 Å². The fraction of sp³-hybridized carbons (Fsp3) is 0.125. The minimum atomic E-state index is 0.210. The number of hydrogen-bond donors (Lipinski definition) is 2. The summed E-state index contributed by atoms with van der Waals surface area (Å²) < 4.78 is 1.80. The van der Waals surface area contributed by atoms with E-state index in [2.05, 4.69) is 15.4 Å². The maximum atomic E-state index is 9.77. The maximum Gasteiger partial charge on any atom is 0.138 e. The second-order valence-corrected chi connectivity index (χ2v) is 4.77. The Morgan fingerprint density at radius 2 is 1.95 bits per heavy atom. The Kier molecular flexibility index (Phi) is 3.55. The molecule has 0 atom stereocenters. The van der Waals surface area contributed by atoms with Crippen LogP contribution in [0.1, 0.15) is 11.4 Å². The molecule has 0 saturated carbocycles. The predicted octanol–water partition coefficient (Wildman–Crippen LogP) is 2.89. The first kappa shape index (κ1) is 13.2. The summed E-state index contributed by atoms with van der Waals surface area (Å²) in [5, 5.41) is 17.2. The fourth-order valence-corrected chi connectivity index (χ4v) is 2.07. The Morgan fingerprint density at radius 3 is 2.67 bits per heavy atom. The number of aromatic hydroxyl groups is 1. The summed E-state index contributed by atoms with van der Waals surface area (Å²) in [5.41, 5.74) is 3.50. The monoisotopic (exact) mass is 280 g/mol. The Labute approximate surface area is 122 Å². The molecule has 3 aromatic rings. The van der Waals surface area contributed by atoms with Crippen LogP contribution in [-0.2, 0) is 6.54 Å². The van der Waals surface area contributed by atoms with Gasteiger partial charge in [0.25, 0.3) is 0 Å². The molecular formula is C16H16N4O. The van der Waals surface area contributed by atoms with Gasteiger partial charge < -0.3 is 10.4 Å². The van der Waals surface area contributed by atoms with E-state index in [4.69, 9.17) is 0 Å². The van der Waals surface area contributed by atoms with Crippen molar-refractivity contribution in [1.82, 2.24) is 14.8 Å². The molecule has 5 nitrogen and oxygen atoms in total. The van der Waals surface area contributed by atoms with Crippen LogP contribution in [0.25, 0.3) is 5.69 Å². The first-order chi connectivity index (χ1) is 10.2. The molecule has 0 aliphatic rings. The van der Waals surface area contributed by atoms with Gasteiger partial charge in [-0.1, -0.05) is 0 Å². The third kappa shape index (κ3) is 3.02. The zero-order valence-corrected chi connectivity index (χ0v) is 11.7. The standard InChI is InChI=1S/C16H16N4O/c1-12-3-8-16(21)15(19-12)11-17-13-4-6-14(7-5-13)20-10-2-9-18-20/h2-10,17,21H,11H2,1H3. The maximum absolute atomic E-state index is 9.77. The van der Waals surface area contributed by atoms with Crippen molar-refractivity contribution >= 4 is 5.69 Å². The Morgan fingerprint density at radius 1 is 1.14 bits per heavy atom. The van der Waals surface area contributed by atoms with Gasteiger partial charge in [-0.15, -0.1) is 0 Å². The van der Waals surface area contributed by atoms with Crippen LogP contribution in [0.2, 0.25) is 0 Å². The van der Waals surface area contributed by atoms with E-state index >= 15 is 0 Å². The van der Waals surface area contributed by atoms with Crippen molar-refractivity contribution in [2.75, 3.05) is 5.32 Å². The van der Waals surface area contributed by atoms with E-state index in [1.807, 2.05) is 43.5 Å². The summed E-state index contributed by atoms with van der Waals surface area (Å²) >= 11 is 0. The molecule has 1 aromatic carbocycles. The molecule has 0 spiro atoms. The first-order valence-corrected chi connectivity index (χ1v) is 6.72. The quantitative estimate of drug-likeness (QED) is 0.771. The van der Waals surface area contributed by atoms with Crippen molar-refractivity contribution in [2.24, 2.45) is 0 Å². The minimum Gasteiger partial charge on any atom is -0.506 e. The van der Waals surface area contributed by atoms with Gasteiger partial charge in [-0.2, -0.15) is 5.10 Å². The molecule has 0 radical (unpaired) electrons. The van der Waals surface area contributed by atoms with Gasteiger partial charge in [-0.25, -0.2) is 4.68 Å². The molecule has 2 aromatic heterocycles. The zero-order valence-electron chi connectivity index (χ0n) is 11.7. The van der Waals surface area contributed by atoms with E-state index < -0.39 is 0 Å². The second-order valence-electron chi connectivity index (χ2n) is 4.77. The molecule has 0 fully saturated rings. The molecule has 5 heteroatoms. The van der Waals surface area contributed by atoms with Crippen LogP contribution >= 0.6 is 0 Å². The van der Waals surface area contributed by atoms with E-state index in [0.29, 0.717) is 12.2 Å². The van der Waals surface area contributed by atoms with Crippen molar-refractivity contribution in [2.45, 2.75) is 13.5 Å². The SMILES string of the molecule is Cc1ccc(O)c(CNc2ccc(-n3cccn3)cc2)n1. The fourth-order valence-electron chi connectivity index (χ4n) is 2.07. The van der Waals surface area contributed by atoms with Crippen LogP contribution in [0.4, 0.5) is 5.69 Å². The molecule has 0 aliphatic heterocycles. The number of aryl methyl sites for hydroxylation is 1. The average molecular weight is 280 g/mol. The lowest BCUT2D eigenvalue weighted by atomic mass is 10.2. The molecule has 2 N–H and O–H groups in total. The van der Waals surface area contributed by atoms with Crippen LogP contribution in [0.3, 0.4) is 0 Å². The number of rotatable bonds is 4. The average Bonchev–Trinajstić information content (AvgIpc) is 3.03. The number of nitrogens with one attached hydrogen (secondary N) is 1. The molecule has 106 valence electrons. The summed E-state index contributed by atoms with van der Waals surface area (Å²) in [6, 6.07) is 13.3. The van der Waals surface area contributed by atoms with Gasteiger partial charge in [0.2, 0.25) is 0 Å². The van der Waals surface area contributed by atoms with E-state index in [1.54, 1.807) is 23.0 Å². The predicted molar refractivity (Wildman–Crippen MR) is 81.5 cm³/mol. The third-order valence-electron chi connectivity index (χ3n) is 3.19. The van der Waals surface area contributed by atoms with Gasteiger partial charge >= 0.3 is 0 Å². The summed E-state index contributed by atoms with van der Waals surface area (Å²) in [6.07, 6.45) is 3.65. The van der Waals surface area contributed by atoms with Crippen molar-refractivity contribution in [3.05, 3.63) is 66.2 Å². The number of nitrogens with zero attached hydrogens (tertiary/aromatic N) is 3. The molecule has 0 saturated heterocycles. The van der Waals surface area contributed by atoms with Crippen molar-refractivity contribution in [3.8, 4) is 11.4 Å². The summed E-state index contributed by atoms with van der Waals surface area (Å²) in [7, 11) is 0. The molecule has 0 unspecified atom stereocenters. The number of benzene rings is 1. The van der Waals surface area contributed by atoms with Gasteiger partial charge in [-0.05, 0) is 49.4 Å². The second kappa shape index (κ2) is 5.66. The Balaban J connectivity index is 1.70. The number of aromatic nitrogens is 3. The smallest absolute Gasteiger partial charge is 0.138 e. The molecule has 0 aliphatic carbocycles. The number of pyridine rings is 1. The topological polar surface area (TPSA) is 63.0 Å². The molecule has 0 amide bonds. The molecule has 3 rings (SSSR count). The zero-order chi connectivity index (χ0) is 14.7. The van der Waals surface area contributed by atoms with E-state index in [9.17, 15) is 5.11 Å².